The number of nitrogens with one attached hydrogen (secondary N) is 1. The largest absolute Gasteiger partial charge is 0.496 e. The Morgan fingerprint density at radius 1 is 1.24 bits per heavy atom. The number of methoxy groups -OCH3 is 1. The van der Waals surface area contributed by atoms with Gasteiger partial charge in [-0.25, -0.2) is 0 Å². The fraction of sp³-hybridized carbons (Fsp3) is 0.154. The van der Waals surface area contributed by atoms with Crippen molar-refractivity contribution in [3.8, 4) is 5.75 Å². The van der Waals surface area contributed by atoms with E-state index in [0.29, 0.717) is 0 Å². The summed E-state index contributed by atoms with van der Waals surface area (Å²) in [5.41, 5.74) is 0.795. The van der Waals surface area contributed by atoms with Gasteiger partial charge in [0.15, 0.2) is 0 Å². The van der Waals surface area contributed by atoms with E-state index in [9.17, 15) is 4.79 Å². The van der Waals surface area contributed by atoms with Gasteiger partial charge in [-0.1, -0.05) is 24.3 Å². The summed E-state index contributed by atoms with van der Waals surface area (Å²) >= 11 is 0. The fourth-order valence-electron chi connectivity index (χ4n) is 1.77. The number of benzene rings is 2. The average molecular weight is 231 g/mol. The molecule has 4 nitrogen and oxygen atoms in total. The number of hydrogen-bond donors (Lipinski definition) is 2. The summed E-state index contributed by atoms with van der Waals surface area (Å²) < 4.78 is 5.26. The Morgan fingerprint density at radius 2 is 1.94 bits per heavy atom. The third kappa shape index (κ3) is 2.30. The lowest BCUT2D eigenvalue weighted by Crippen LogP contribution is -2.12. The molecule has 0 atom stereocenters. The lowest BCUT2D eigenvalue weighted by atomic mass is 10.1. The molecule has 0 radical (unpaired) electrons. The zero-order chi connectivity index (χ0) is 12.3. The number of carboxylic acids is 1. The molecule has 0 saturated carbocycles. The van der Waals surface area contributed by atoms with Crippen LogP contribution in [0, 0.1) is 0 Å². The van der Waals surface area contributed by atoms with Gasteiger partial charge in [-0.2, -0.15) is 0 Å². The van der Waals surface area contributed by atoms with E-state index in [0.717, 1.165) is 22.2 Å². The minimum Gasteiger partial charge on any atom is -0.496 e. The Balaban J connectivity index is 2.47. The Labute approximate surface area is 98.8 Å². The van der Waals surface area contributed by atoms with Crippen LogP contribution in [0.1, 0.15) is 0 Å². The summed E-state index contributed by atoms with van der Waals surface area (Å²) in [4.78, 5) is 10.5. The van der Waals surface area contributed by atoms with E-state index < -0.39 is 5.97 Å². The third-order valence-electron chi connectivity index (χ3n) is 2.53. The van der Waals surface area contributed by atoms with Crippen LogP contribution in [0.3, 0.4) is 0 Å². The smallest absolute Gasteiger partial charge is 0.322 e. The van der Waals surface area contributed by atoms with Crippen LogP contribution in [-0.2, 0) is 4.79 Å². The van der Waals surface area contributed by atoms with Gasteiger partial charge in [0, 0.05) is 16.5 Å². The molecule has 0 aliphatic carbocycles. The summed E-state index contributed by atoms with van der Waals surface area (Å²) in [7, 11) is 1.62. The molecule has 0 saturated heterocycles. The molecule has 2 rings (SSSR count). The van der Waals surface area contributed by atoms with Crippen molar-refractivity contribution in [3.05, 3.63) is 36.4 Å². The number of carbonyl (C=O) groups is 1. The van der Waals surface area contributed by atoms with Crippen molar-refractivity contribution in [2.75, 3.05) is 19.0 Å². The quantitative estimate of drug-likeness (QED) is 0.848. The third-order valence-corrected chi connectivity index (χ3v) is 2.53. The van der Waals surface area contributed by atoms with Gasteiger partial charge in [-0.3, -0.25) is 4.79 Å². The predicted octanol–water partition coefficient (Wildman–Crippen LogP) is 2.34. The van der Waals surface area contributed by atoms with Crippen molar-refractivity contribution < 1.29 is 14.6 Å². The van der Waals surface area contributed by atoms with Gasteiger partial charge in [-0.15, -0.1) is 0 Å². The second-order valence-electron chi connectivity index (χ2n) is 3.61. The van der Waals surface area contributed by atoms with E-state index in [1.54, 1.807) is 7.11 Å². The van der Waals surface area contributed by atoms with Gasteiger partial charge < -0.3 is 15.2 Å². The second kappa shape index (κ2) is 4.74. The molecule has 2 N–H and O–H groups in total. The standard InChI is InChI=1S/C13H13NO3/c1-17-12-7-6-11(14-8-13(15)16)9-4-2-3-5-10(9)12/h2-7,14H,8H2,1H3,(H,15,16). The number of aliphatic carboxylic acids is 1. The van der Waals surface area contributed by atoms with Crippen molar-refractivity contribution in [1.82, 2.24) is 0 Å². The molecular formula is C13H13NO3. The highest BCUT2D eigenvalue weighted by molar-refractivity contribution is 5.98. The normalized spacial score (nSPS) is 10.2. The van der Waals surface area contributed by atoms with Crippen molar-refractivity contribution >= 4 is 22.4 Å². The van der Waals surface area contributed by atoms with Gasteiger partial charge >= 0.3 is 5.97 Å². The maximum Gasteiger partial charge on any atom is 0.322 e. The van der Waals surface area contributed by atoms with Gasteiger partial charge in [-0.05, 0) is 12.1 Å². The van der Waals surface area contributed by atoms with Crippen molar-refractivity contribution in [2.24, 2.45) is 0 Å². The molecular weight excluding hydrogens is 218 g/mol. The number of fused-ring (bicyclic) bond motifs is 1. The number of hydrogen-bond acceptors (Lipinski definition) is 3. The summed E-state index contributed by atoms with van der Waals surface area (Å²) in [6, 6.07) is 11.4. The van der Waals surface area contributed by atoms with E-state index in [1.165, 1.54) is 0 Å². The number of carboxylic acid groups (broad SMARTS) is 1. The van der Waals surface area contributed by atoms with Crippen LogP contribution in [0.4, 0.5) is 5.69 Å². The topological polar surface area (TPSA) is 58.6 Å². The Morgan fingerprint density at radius 3 is 2.59 bits per heavy atom. The zero-order valence-corrected chi connectivity index (χ0v) is 9.43. The molecule has 17 heavy (non-hydrogen) atoms. The molecule has 0 fully saturated rings. The molecule has 2 aromatic carbocycles. The van der Waals surface area contributed by atoms with Gasteiger partial charge in [0.2, 0.25) is 0 Å². The molecule has 0 heterocycles. The number of rotatable bonds is 4. The highest BCUT2D eigenvalue weighted by Crippen LogP contribution is 2.31. The minimum atomic E-state index is -0.884. The van der Waals surface area contributed by atoms with Gasteiger partial charge in [0.25, 0.3) is 0 Å². The molecule has 0 amide bonds. The molecule has 0 aromatic heterocycles. The molecule has 0 bridgehead atoms. The molecule has 0 spiro atoms. The molecule has 0 aliphatic heterocycles. The number of anilines is 1. The van der Waals surface area contributed by atoms with E-state index in [2.05, 4.69) is 5.32 Å². The number of ether oxygens (including phenoxy) is 1. The first-order valence-corrected chi connectivity index (χ1v) is 5.24. The first-order valence-electron chi connectivity index (χ1n) is 5.24. The fourth-order valence-corrected chi connectivity index (χ4v) is 1.77. The van der Waals surface area contributed by atoms with E-state index in [-0.39, 0.29) is 6.54 Å². The maximum atomic E-state index is 10.5. The van der Waals surface area contributed by atoms with Crippen molar-refractivity contribution in [1.29, 1.82) is 0 Å². The van der Waals surface area contributed by atoms with Crippen LogP contribution in [-0.4, -0.2) is 24.7 Å². The highest BCUT2D eigenvalue weighted by Gasteiger charge is 2.06. The summed E-state index contributed by atoms with van der Waals surface area (Å²) in [6.45, 7) is -0.101. The van der Waals surface area contributed by atoms with Crippen molar-refractivity contribution in [3.63, 3.8) is 0 Å². The minimum absolute atomic E-state index is 0.101. The molecule has 0 unspecified atom stereocenters. The SMILES string of the molecule is COc1ccc(NCC(=O)O)c2ccccc12. The molecule has 88 valence electrons. The zero-order valence-electron chi connectivity index (χ0n) is 9.43. The maximum absolute atomic E-state index is 10.5. The van der Waals surface area contributed by atoms with Crippen LogP contribution in [0.15, 0.2) is 36.4 Å². The van der Waals surface area contributed by atoms with Crippen LogP contribution in [0.25, 0.3) is 10.8 Å². The lowest BCUT2D eigenvalue weighted by Gasteiger charge is -2.11. The van der Waals surface area contributed by atoms with Crippen molar-refractivity contribution in [2.45, 2.75) is 0 Å². The predicted molar refractivity (Wildman–Crippen MR) is 66.6 cm³/mol. The highest BCUT2D eigenvalue weighted by atomic mass is 16.5. The summed E-state index contributed by atoms with van der Waals surface area (Å²) in [6.07, 6.45) is 0. The first-order chi connectivity index (χ1) is 8.22. The lowest BCUT2D eigenvalue weighted by molar-refractivity contribution is -0.134. The Hall–Kier alpha value is -2.23. The summed E-state index contributed by atoms with van der Waals surface area (Å²) in [5, 5.41) is 13.5. The second-order valence-corrected chi connectivity index (χ2v) is 3.61. The monoisotopic (exact) mass is 231 g/mol. The molecule has 2 aromatic rings. The Kier molecular flexibility index (Phi) is 3.14. The van der Waals surface area contributed by atoms with Gasteiger partial charge in [0.05, 0.1) is 7.11 Å². The van der Waals surface area contributed by atoms with E-state index >= 15 is 0 Å². The average Bonchev–Trinajstić information content (AvgIpc) is 2.35. The molecule has 4 heteroatoms. The van der Waals surface area contributed by atoms with E-state index in [1.807, 2.05) is 36.4 Å². The first kappa shape index (κ1) is 11.3. The van der Waals surface area contributed by atoms with Crippen LogP contribution in [0.2, 0.25) is 0 Å². The van der Waals surface area contributed by atoms with Crippen LogP contribution < -0.4 is 10.1 Å². The van der Waals surface area contributed by atoms with E-state index in [4.69, 9.17) is 9.84 Å². The molecule has 0 aliphatic rings. The van der Waals surface area contributed by atoms with Crippen LogP contribution in [0.5, 0.6) is 5.75 Å². The van der Waals surface area contributed by atoms with Crippen LogP contribution >= 0.6 is 0 Å². The Bertz CT molecular complexity index is 551. The van der Waals surface area contributed by atoms with Gasteiger partial charge in [0.1, 0.15) is 12.3 Å². The summed E-state index contributed by atoms with van der Waals surface area (Å²) in [5.74, 6) is -0.105.